The van der Waals surface area contributed by atoms with Gasteiger partial charge in [-0.3, -0.25) is 19.3 Å². The van der Waals surface area contributed by atoms with Gasteiger partial charge in [0, 0.05) is 35.8 Å². The number of hydrogen-bond acceptors (Lipinski definition) is 6. The molecule has 0 unspecified atom stereocenters. The number of imide groups is 1. The number of nitrogens with one attached hydrogen (secondary N) is 1. The summed E-state index contributed by atoms with van der Waals surface area (Å²) in [5, 5.41) is 3.43. The summed E-state index contributed by atoms with van der Waals surface area (Å²) >= 11 is 0.870. The van der Waals surface area contributed by atoms with Crippen LogP contribution >= 0.6 is 11.8 Å². The van der Waals surface area contributed by atoms with E-state index in [9.17, 15) is 18.8 Å². The second kappa shape index (κ2) is 11.2. The van der Waals surface area contributed by atoms with Crippen molar-refractivity contribution in [2.45, 2.75) is 25.5 Å². The van der Waals surface area contributed by atoms with Crippen LogP contribution in [0.4, 0.5) is 9.18 Å². The molecule has 2 aromatic carbocycles. The van der Waals surface area contributed by atoms with Crippen LogP contribution in [0.15, 0.2) is 59.6 Å². The highest BCUT2D eigenvalue weighted by Crippen LogP contribution is 2.34. The first-order chi connectivity index (χ1) is 18.0. The summed E-state index contributed by atoms with van der Waals surface area (Å²) in [5.74, 6) is -0.436. The van der Waals surface area contributed by atoms with E-state index in [4.69, 9.17) is 9.47 Å². The Bertz CT molecular complexity index is 1350. The summed E-state index contributed by atoms with van der Waals surface area (Å²) in [6.07, 6.45) is 5.54. The smallest absolute Gasteiger partial charge is 0.293 e. The van der Waals surface area contributed by atoms with Crippen LogP contribution in [0.3, 0.4) is 0 Å². The Kier molecular flexibility index (Phi) is 7.57. The highest BCUT2D eigenvalue weighted by Gasteiger charge is 2.35. The number of para-hydroxylation sites is 1. The number of amides is 3. The molecule has 1 aromatic heterocycles. The quantitative estimate of drug-likeness (QED) is 0.423. The molecule has 3 heterocycles. The molecule has 1 N–H and O–H groups in total. The summed E-state index contributed by atoms with van der Waals surface area (Å²) in [4.78, 5) is 39.5. The zero-order valence-corrected chi connectivity index (χ0v) is 20.8. The number of rotatable bonds is 9. The molecule has 1 atom stereocenters. The fourth-order valence-electron chi connectivity index (χ4n) is 4.38. The van der Waals surface area contributed by atoms with Gasteiger partial charge in [-0.2, -0.15) is 0 Å². The number of ether oxygens (including phenoxy) is 2. The van der Waals surface area contributed by atoms with E-state index < -0.39 is 5.91 Å². The van der Waals surface area contributed by atoms with Crippen molar-refractivity contribution in [2.75, 3.05) is 26.3 Å². The molecule has 0 bridgehead atoms. The van der Waals surface area contributed by atoms with Gasteiger partial charge in [0.15, 0.2) is 0 Å². The summed E-state index contributed by atoms with van der Waals surface area (Å²) in [7, 11) is 0. The molecular weight excluding hydrogens is 497 g/mol. The molecule has 192 valence electrons. The monoisotopic (exact) mass is 523 g/mol. The predicted octanol–water partition coefficient (Wildman–Crippen LogP) is 4.19. The van der Waals surface area contributed by atoms with E-state index in [1.165, 1.54) is 24.3 Å². The number of benzene rings is 2. The molecule has 2 aliphatic heterocycles. The van der Waals surface area contributed by atoms with Crippen LogP contribution in [-0.2, 0) is 20.9 Å². The van der Waals surface area contributed by atoms with E-state index in [0.29, 0.717) is 17.2 Å². The van der Waals surface area contributed by atoms with Crippen LogP contribution in [0.2, 0.25) is 0 Å². The number of carbonyl (C=O) groups excluding carboxylic acids is 3. The van der Waals surface area contributed by atoms with Gasteiger partial charge in [-0.05, 0) is 61.0 Å². The minimum absolute atomic E-state index is 0.0672. The molecule has 3 aromatic rings. The number of hydrogen-bond donors (Lipinski definition) is 1. The van der Waals surface area contributed by atoms with Gasteiger partial charge < -0.3 is 19.4 Å². The van der Waals surface area contributed by atoms with Crippen molar-refractivity contribution in [1.82, 2.24) is 14.8 Å². The van der Waals surface area contributed by atoms with Gasteiger partial charge in [0.25, 0.3) is 11.1 Å². The summed E-state index contributed by atoms with van der Waals surface area (Å²) < 4.78 is 26.0. The van der Waals surface area contributed by atoms with E-state index in [0.717, 1.165) is 52.6 Å². The molecule has 2 fully saturated rings. The highest BCUT2D eigenvalue weighted by molar-refractivity contribution is 8.18. The van der Waals surface area contributed by atoms with Crippen LogP contribution in [0.1, 0.15) is 18.4 Å². The molecular formula is C27H26FN3O5S. The SMILES string of the molecule is O=C(Cn1cc(/C=C2\SC(=O)N(CCOc3ccc(F)cc3)C2=O)c2ccccc21)NC[C@@H]1CCCO1. The molecule has 2 saturated heterocycles. The lowest BCUT2D eigenvalue weighted by molar-refractivity contribution is -0.123. The minimum Gasteiger partial charge on any atom is -0.492 e. The van der Waals surface area contributed by atoms with Gasteiger partial charge in [-0.15, -0.1) is 0 Å². The lowest BCUT2D eigenvalue weighted by Crippen LogP contribution is -2.34. The number of thioether (sulfide) groups is 1. The topological polar surface area (TPSA) is 89.9 Å². The van der Waals surface area contributed by atoms with Crippen molar-refractivity contribution < 1.29 is 28.2 Å². The van der Waals surface area contributed by atoms with E-state index in [1.807, 2.05) is 35.0 Å². The van der Waals surface area contributed by atoms with Crippen molar-refractivity contribution >= 4 is 45.8 Å². The van der Waals surface area contributed by atoms with Crippen molar-refractivity contribution in [2.24, 2.45) is 0 Å². The Morgan fingerprint density at radius 2 is 2.00 bits per heavy atom. The minimum atomic E-state index is -0.399. The number of halogens is 1. The number of carbonyl (C=O) groups is 3. The van der Waals surface area contributed by atoms with Gasteiger partial charge in [-0.1, -0.05) is 18.2 Å². The van der Waals surface area contributed by atoms with E-state index in [-0.39, 0.29) is 42.8 Å². The maximum atomic E-state index is 13.0. The van der Waals surface area contributed by atoms with Gasteiger partial charge in [0.05, 0.1) is 17.6 Å². The zero-order valence-electron chi connectivity index (χ0n) is 20.0. The molecule has 2 aliphatic rings. The molecule has 3 amide bonds. The Morgan fingerprint density at radius 1 is 1.19 bits per heavy atom. The molecule has 0 saturated carbocycles. The van der Waals surface area contributed by atoms with Crippen molar-refractivity contribution in [3.63, 3.8) is 0 Å². The van der Waals surface area contributed by atoms with Gasteiger partial charge in [0.1, 0.15) is 24.7 Å². The van der Waals surface area contributed by atoms with Gasteiger partial charge in [-0.25, -0.2) is 4.39 Å². The van der Waals surface area contributed by atoms with Crippen molar-refractivity contribution in [3.05, 3.63) is 71.0 Å². The van der Waals surface area contributed by atoms with Crippen molar-refractivity contribution in [3.8, 4) is 5.75 Å². The van der Waals surface area contributed by atoms with Crippen molar-refractivity contribution in [1.29, 1.82) is 0 Å². The van der Waals surface area contributed by atoms with Crippen LogP contribution in [0, 0.1) is 5.82 Å². The lowest BCUT2D eigenvalue weighted by Gasteiger charge is -2.13. The van der Waals surface area contributed by atoms with Crippen LogP contribution in [0.5, 0.6) is 5.75 Å². The zero-order chi connectivity index (χ0) is 25.8. The Hall–Kier alpha value is -3.63. The lowest BCUT2D eigenvalue weighted by atomic mass is 10.1. The number of fused-ring (bicyclic) bond motifs is 1. The van der Waals surface area contributed by atoms with Gasteiger partial charge in [0.2, 0.25) is 5.91 Å². The largest absolute Gasteiger partial charge is 0.492 e. The molecule has 0 spiro atoms. The second-order valence-corrected chi connectivity index (χ2v) is 9.80. The average Bonchev–Trinajstić information content (AvgIpc) is 3.60. The van der Waals surface area contributed by atoms with Gasteiger partial charge >= 0.3 is 0 Å². The van der Waals surface area contributed by atoms with Crippen LogP contribution < -0.4 is 10.1 Å². The maximum absolute atomic E-state index is 13.0. The Morgan fingerprint density at radius 3 is 2.78 bits per heavy atom. The fourth-order valence-corrected chi connectivity index (χ4v) is 5.24. The van der Waals surface area contributed by atoms with E-state index in [1.54, 1.807) is 6.08 Å². The third-order valence-electron chi connectivity index (χ3n) is 6.24. The van der Waals surface area contributed by atoms with E-state index in [2.05, 4.69) is 5.32 Å². The molecule has 10 heteroatoms. The maximum Gasteiger partial charge on any atom is 0.293 e. The summed E-state index contributed by atoms with van der Waals surface area (Å²) in [6, 6.07) is 13.1. The predicted molar refractivity (Wildman–Crippen MR) is 138 cm³/mol. The standard InChI is InChI=1S/C27H26FN3O5S/c28-19-7-9-20(10-8-19)36-13-11-31-26(33)24(37-27(31)34)14-18-16-30(23-6-2-1-5-22(18)23)17-25(32)29-15-21-4-3-12-35-21/h1-2,5-10,14,16,21H,3-4,11-13,15,17H2,(H,29,32)/b24-14-/t21-/m0/s1. The molecule has 5 rings (SSSR count). The highest BCUT2D eigenvalue weighted by atomic mass is 32.2. The Labute approximate surface area is 217 Å². The normalized spacial score (nSPS) is 18.8. The fraction of sp³-hybridized carbons (Fsp3) is 0.296. The molecule has 0 radical (unpaired) electrons. The molecule has 37 heavy (non-hydrogen) atoms. The van der Waals surface area contributed by atoms with Crippen LogP contribution in [-0.4, -0.2) is 58.9 Å². The first-order valence-electron chi connectivity index (χ1n) is 12.1. The van der Waals surface area contributed by atoms with Crippen LogP contribution in [0.25, 0.3) is 17.0 Å². The first-order valence-corrected chi connectivity index (χ1v) is 12.9. The third-order valence-corrected chi connectivity index (χ3v) is 7.15. The summed E-state index contributed by atoms with van der Waals surface area (Å²) in [6.45, 7) is 1.52. The van der Waals surface area contributed by atoms with E-state index >= 15 is 0 Å². The average molecular weight is 524 g/mol. The Balaban J connectivity index is 1.26. The number of nitrogens with zero attached hydrogens (tertiary/aromatic N) is 2. The first kappa shape index (κ1) is 25.0. The summed E-state index contributed by atoms with van der Waals surface area (Å²) in [5.41, 5.74) is 1.60. The molecule has 8 nitrogen and oxygen atoms in total. The second-order valence-electron chi connectivity index (χ2n) is 8.80. The third kappa shape index (κ3) is 5.86. The number of aromatic nitrogens is 1. The molecule has 0 aliphatic carbocycles.